The Morgan fingerprint density at radius 3 is 2.32 bits per heavy atom. The Kier molecular flexibility index (Phi) is 4.99. The van der Waals surface area contributed by atoms with Gasteiger partial charge in [0, 0.05) is 12.1 Å². The number of rotatable bonds is 4. The Morgan fingerprint density at radius 2 is 1.64 bits per heavy atom. The van der Waals surface area contributed by atoms with E-state index in [9.17, 15) is 0 Å². The zero-order chi connectivity index (χ0) is 15.9. The molecule has 0 saturated heterocycles. The van der Waals surface area contributed by atoms with Gasteiger partial charge in [-0.1, -0.05) is 45.3 Å². The predicted molar refractivity (Wildman–Crippen MR) is 94.3 cm³/mol. The third-order valence-corrected chi connectivity index (χ3v) is 6.92. The summed E-state index contributed by atoms with van der Waals surface area (Å²) >= 11 is 0. The molecule has 0 heterocycles. The molecular formula is C20H36N2. The zero-order valence-corrected chi connectivity index (χ0v) is 14.8. The van der Waals surface area contributed by atoms with Gasteiger partial charge in [0.1, 0.15) is 0 Å². The highest BCUT2D eigenvalue weighted by atomic mass is 14.8. The van der Waals surface area contributed by atoms with Crippen LogP contribution in [0.15, 0.2) is 11.6 Å². The second kappa shape index (κ2) is 6.65. The van der Waals surface area contributed by atoms with Crippen molar-refractivity contribution in [2.75, 3.05) is 0 Å². The van der Waals surface area contributed by atoms with Gasteiger partial charge in [-0.15, -0.1) is 0 Å². The van der Waals surface area contributed by atoms with E-state index < -0.39 is 0 Å². The van der Waals surface area contributed by atoms with Gasteiger partial charge < -0.3 is 11.5 Å². The third-order valence-electron chi connectivity index (χ3n) is 6.92. The van der Waals surface area contributed by atoms with Crippen LogP contribution in [0.4, 0.5) is 0 Å². The zero-order valence-electron chi connectivity index (χ0n) is 14.8. The highest BCUT2D eigenvalue weighted by Gasteiger charge is 2.51. The summed E-state index contributed by atoms with van der Waals surface area (Å²) in [6, 6.07) is 0.653. The summed E-state index contributed by atoms with van der Waals surface area (Å²) in [6.07, 6.45) is 11.6. The van der Waals surface area contributed by atoms with Crippen molar-refractivity contribution in [3.05, 3.63) is 11.6 Å². The largest absolute Gasteiger partial charge is 0.327 e. The van der Waals surface area contributed by atoms with Crippen molar-refractivity contribution < 1.29 is 0 Å². The van der Waals surface area contributed by atoms with Crippen LogP contribution in [-0.2, 0) is 0 Å². The molecule has 0 aromatic carbocycles. The summed E-state index contributed by atoms with van der Waals surface area (Å²) in [5.41, 5.74) is 15.3. The van der Waals surface area contributed by atoms with Crippen molar-refractivity contribution in [3.8, 4) is 0 Å². The maximum Gasteiger partial charge on any atom is 0.0119 e. The Hall–Kier alpha value is -0.340. The van der Waals surface area contributed by atoms with Crippen LogP contribution in [0.3, 0.4) is 0 Å². The van der Waals surface area contributed by atoms with Gasteiger partial charge in [0.25, 0.3) is 0 Å². The van der Waals surface area contributed by atoms with Crippen molar-refractivity contribution in [3.63, 3.8) is 0 Å². The summed E-state index contributed by atoms with van der Waals surface area (Å²) in [6.45, 7) is 7.00. The maximum atomic E-state index is 6.80. The molecule has 4 N–H and O–H groups in total. The maximum absolute atomic E-state index is 6.80. The van der Waals surface area contributed by atoms with E-state index in [1.54, 1.807) is 5.57 Å². The lowest BCUT2D eigenvalue weighted by atomic mass is 9.51. The molecule has 8 unspecified atom stereocenters. The molecule has 2 heteroatoms. The highest BCUT2D eigenvalue weighted by molar-refractivity contribution is 5.24. The Balaban J connectivity index is 1.92. The monoisotopic (exact) mass is 304 g/mol. The van der Waals surface area contributed by atoms with E-state index in [0.717, 1.165) is 11.8 Å². The molecule has 2 nitrogen and oxygen atoms in total. The average Bonchev–Trinajstić information content (AvgIpc) is 2.47. The molecule has 0 amide bonds. The lowest BCUT2D eigenvalue weighted by Gasteiger charge is -2.56. The molecule has 8 atom stereocenters. The normalized spacial score (nSPS) is 47.8. The van der Waals surface area contributed by atoms with Crippen LogP contribution in [0.1, 0.15) is 65.7 Å². The van der Waals surface area contributed by atoms with E-state index in [2.05, 4.69) is 26.8 Å². The first-order valence-electron chi connectivity index (χ1n) is 9.78. The Labute approximate surface area is 137 Å². The topological polar surface area (TPSA) is 52.0 Å². The van der Waals surface area contributed by atoms with Crippen LogP contribution in [0, 0.1) is 35.5 Å². The molecule has 3 rings (SSSR count). The van der Waals surface area contributed by atoms with E-state index in [-0.39, 0.29) is 0 Å². The molecule has 0 aromatic rings. The first-order chi connectivity index (χ1) is 10.6. The lowest BCUT2D eigenvalue weighted by Crippen LogP contribution is -2.60. The van der Waals surface area contributed by atoms with Gasteiger partial charge in [0.2, 0.25) is 0 Å². The number of allylic oxidation sites excluding steroid dienone is 2. The first kappa shape index (κ1) is 16.5. The third kappa shape index (κ3) is 2.78. The molecule has 126 valence electrons. The SMILES string of the molecule is CCCC1CC2=CC(C)CC3CC(CCC)C(N)C(C1N)C23. The molecular weight excluding hydrogens is 268 g/mol. The van der Waals surface area contributed by atoms with Crippen molar-refractivity contribution >= 4 is 0 Å². The fourth-order valence-corrected chi connectivity index (χ4v) is 6.18. The van der Waals surface area contributed by atoms with Gasteiger partial charge in [-0.3, -0.25) is 0 Å². The van der Waals surface area contributed by atoms with E-state index in [1.165, 1.54) is 44.9 Å². The number of hydrogen-bond donors (Lipinski definition) is 2. The predicted octanol–water partition coefficient (Wildman–Crippen LogP) is 4.10. The fourth-order valence-electron chi connectivity index (χ4n) is 6.18. The van der Waals surface area contributed by atoms with Gasteiger partial charge in [-0.05, 0) is 67.6 Å². The standard InChI is InChI=1S/C20H36N2/c1-4-6-13-10-15-8-12(3)9-16-11-14(7-5-2)20(22)18(17(15)16)19(13)21/h8,12-14,16-20H,4-7,9-11,21-22H2,1-3H3. The number of nitrogens with two attached hydrogens (primary N) is 2. The summed E-state index contributed by atoms with van der Waals surface area (Å²) < 4.78 is 0. The second-order valence-electron chi connectivity index (χ2n) is 8.51. The molecule has 22 heavy (non-hydrogen) atoms. The smallest absolute Gasteiger partial charge is 0.0119 e. The minimum Gasteiger partial charge on any atom is -0.327 e. The quantitative estimate of drug-likeness (QED) is 0.768. The summed E-state index contributed by atoms with van der Waals surface area (Å²) in [5, 5.41) is 0. The summed E-state index contributed by atoms with van der Waals surface area (Å²) in [4.78, 5) is 0. The molecule has 0 aromatic heterocycles. The highest BCUT2D eigenvalue weighted by Crippen LogP contribution is 2.54. The van der Waals surface area contributed by atoms with E-state index in [1.807, 2.05) is 0 Å². The van der Waals surface area contributed by atoms with Gasteiger partial charge in [0.05, 0.1) is 0 Å². The van der Waals surface area contributed by atoms with Crippen molar-refractivity contribution in [2.24, 2.45) is 47.0 Å². The van der Waals surface area contributed by atoms with Gasteiger partial charge in [-0.2, -0.15) is 0 Å². The van der Waals surface area contributed by atoms with Crippen molar-refractivity contribution in [1.29, 1.82) is 0 Å². The molecule has 3 aliphatic rings. The molecule has 0 radical (unpaired) electrons. The lowest BCUT2D eigenvalue weighted by molar-refractivity contribution is 0.0238. The Morgan fingerprint density at radius 1 is 1.00 bits per heavy atom. The van der Waals surface area contributed by atoms with Crippen LogP contribution in [0.5, 0.6) is 0 Å². The van der Waals surface area contributed by atoms with Crippen molar-refractivity contribution in [2.45, 2.75) is 77.8 Å². The molecule has 0 bridgehead atoms. The van der Waals surface area contributed by atoms with Gasteiger partial charge >= 0.3 is 0 Å². The number of hydrogen-bond acceptors (Lipinski definition) is 2. The second-order valence-corrected chi connectivity index (χ2v) is 8.51. The van der Waals surface area contributed by atoms with E-state index >= 15 is 0 Å². The molecule has 2 fully saturated rings. The Bertz CT molecular complexity index is 412. The van der Waals surface area contributed by atoms with Crippen LogP contribution < -0.4 is 11.5 Å². The van der Waals surface area contributed by atoms with Crippen LogP contribution in [0.2, 0.25) is 0 Å². The van der Waals surface area contributed by atoms with E-state index in [0.29, 0.717) is 35.8 Å². The van der Waals surface area contributed by atoms with Crippen LogP contribution >= 0.6 is 0 Å². The van der Waals surface area contributed by atoms with E-state index in [4.69, 9.17) is 11.5 Å². The molecule has 0 aliphatic heterocycles. The molecule has 3 aliphatic carbocycles. The summed E-state index contributed by atoms with van der Waals surface area (Å²) in [7, 11) is 0. The fraction of sp³-hybridized carbons (Fsp3) is 0.900. The van der Waals surface area contributed by atoms with Gasteiger partial charge in [0.15, 0.2) is 0 Å². The van der Waals surface area contributed by atoms with Crippen LogP contribution in [0.25, 0.3) is 0 Å². The minimum absolute atomic E-state index is 0.327. The summed E-state index contributed by atoms with van der Waals surface area (Å²) in [5.74, 6) is 4.22. The minimum atomic E-state index is 0.327. The molecule has 2 saturated carbocycles. The van der Waals surface area contributed by atoms with Crippen LogP contribution in [-0.4, -0.2) is 12.1 Å². The average molecular weight is 305 g/mol. The molecule has 0 spiro atoms. The van der Waals surface area contributed by atoms with Gasteiger partial charge in [-0.25, -0.2) is 0 Å². The van der Waals surface area contributed by atoms with Crippen molar-refractivity contribution in [1.82, 2.24) is 0 Å². The first-order valence-corrected chi connectivity index (χ1v) is 9.78.